The molecule has 2 N–H and O–H groups in total. The topological polar surface area (TPSA) is 44.4 Å². The fourth-order valence-electron chi connectivity index (χ4n) is 3.21. The average Bonchev–Trinajstić information content (AvgIpc) is 3.00. The van der Waals surface area contributed by atoms with Crippen molar-refractivity contribution in [3.8, 4) is 0 Å². The Morgan fingerprint density at radius 2 is 2.00 bits per heavy atom. The number of rotatable bonds is 7. The number of hydrogen-bond acceptors (Lipinski definition) is 3. The maximum Gasteiger partial charge on any atom is 0.227 e. The second-order valence-electron chi connectivity index (χ2n) is 6.35. The summed E-state index contributed by atoms with van der Waals surface area (Å²) in [6, 6.07) is 10.7. The first-order valence-corrected chi connectivity index (χ1v) is 8.38. The maximum absolute atomic E-state index is 12.5. The highest BCUT2D eigenvalue weighted by molar-refractivity contribution is 5.82. The fraction of sp³-hybridized carbons (Fsp3) is 0.611. The van der Waals surface area contributed by atoms with Gasteiger partial charge in [-0.2, -0.15) is 0 Å². The summed E-state index contributed by atoms with van der Waals surface area (Å²) in [7, 11) is 0. The summed E-state index contributed by atoms with van der Waals surface area (Å²) in [4.78, 5) is 14.9. The van der Waals surface area contributed by atoms with Crippen molar-refractivity contribution >= 4 is 5.91 Å². The molecular weight excluding hydrogens is 274 g/mol. The molecule has 1 aliphatic heterocycles. The molecule has 4 heteroatoms. The Kier molecular flexibility index (Phi) is 5.98. The summed E-state index contributed by atoms with van der Waals surface area (Å²) < 4.78 is 0. The molecule has 122 valence electrons. The van der Waals surface area contributed by atoms with Crippen molar-refractivity contribution < 1.29 is 4.79 Å². The lowest BCUT2D eigenvalue weighted by molar-refractivity contribution is -0.129. The fourth-order valence-corrected chi connectivity index (χ4v) is 3.21. The van der Waals surface area contributed by atoms with Gasteiger partial charge in [-0.25, -0.2) is 0 Å². The number of nitrogens with zero attached hydrogens (tertiary/aromatic N) is 1. The standard InChI is InChI=1S/C18H29N3O/c1-4-21(5-2)16(15-9-7-6-8-10-15)13-20-17(22)18(3)11-12-19-14-18/h6-10,16,19H,4-5,11-14H2,1-3H3,(H,20,22). The summed E-state index contributed by atoms with van der Waals surface area (Å²) in [6.45, 7) is 10.7. The number of hydrogen-bond donors (Lipinski definition) is 2. The Labute approximate surface area is 134 Å². The van der Waals surface area contributed by atoms with Gasteiger partial charge in [-0.1, -0.05) is 44.2 Å². The van der Waals surface area contributed by atoms with E-state index < -0.39 is 0 Å². The van der Waals surface area contributed by atoms with E-state index >= 15 is 0 Å². The van der Waals surface area contributed by atoms with E-state index in [2.05, 4.69) is 60.6 Å². The zero-order valence-corrected chi connectivity index (χ0v) is 14.1. The molecule has 4 nitrogen and oxygen atoms in total. The first kappa shape index (κ1) is 17.0. The molecule has 1 aromatic carbocycles. The number of nitrogens with one attached hydrogen (secondary N) is 2. The molecule has 0 radical (unpaired) electrons. The monoisotopic (exact) mass is 303 g/mol. The lowest BCUT2D eigenvalue weighted by Gasteiger charge is -2.31. The van der Waals surface area contributed by atoms with E-state index in [0.717, 1.165) is 32.6 Å². The lowest BCUT2D eigenvalue weighted by Crippen LogP contribution is -2.44. The quantitative estimate of drug-likeness (QED) is 0.811. The van der Waals surface area contributed by atoms with Gasteiger partial charge >= 0.3 is 0 Å². The van der Waals surface area contributed by atoms with Crippen LogP contribution in [0.2, 0.25) is 0 Å². The highest BCUT2D eigenvalue weighted by Gasteiger charge is 2.36. The van der Waals surface area contributed by atoms with Crippen molar-refractivity contribution in [3.05, 3.63) is 35.9 Å². The van der Waals surface area contributed by atoms with Crippen LogP contribution in [0, 0.1) is 5.41 Å². The number of likely N-dealkylation sites (N-methyl/N-ethyl adjacent to an activating group) is 1. The molecule has 1 aliphatic rings. The zero-order valence-electron chi connectivity index (χ0n) is 14.1. The molecule has 1 saturated heterocycles. The normalized spacial score (nSPS) is 22.7. The van der Waals surface area contributed by atoms with E-state index in [9.17, 15) is 4.79 Å². The minimum atomic E-state index is -0.259. The van der Waals surface area contributed by atoms with Gasteiger partial charge in [0, 0.05) is 13.1 Å². The minimum Gasteiger partial charge on any atom is -0.354 e. The summed E-state index contributed by atoms with van der Waals surface area (Å²) >= 11 is 0. The Morgan fingerprint density at radius 3 is 2.55 bits per heavy atom. The van der Waals surface area contributed by atoms with E-state index in [1.165, 1.54) is 5.56 Å². The Hall–Kier alpha value is -1.39. The highest BCUT2D eigenvalue weighted by Crippen LogP contribution is 2.25. The third-order valence-electron chi connectivity index (χ3n) is 4.81. The Bertz CT molecular complexity index is 464. The molecule has 2 unspecified atom stereocenters. The van der Waals surface area contributed by atoms with Crippen LogP contribution in [0.3, 0.4) is 0 Å². The van der Waals surface area contributed by atoms with E-state index in [1.807, 2.05) is 6.07 Å². The number of benzene rings is 1. The van der Waals surface area contributed by atoms with Gasteiger partial charge in [0.2, 0.25) is 5.91 Å². The van der Waals surface area contributed by atoms with Crippen molar-refractivity contribution in [1.29, 1.82) is 0 Å². The number of carbonyl (C=O) groups is 1. The van der Waals surface area contributed by atoms with E-state index in [0.29, 0.717) is 6.54 Å². The van der Waals surface area contributed by atoms with Gasteiger partial charge in [0.1, 0.15) is 0 Å². The predicted molar refractivity (Wildman–Crippen MR) is 90.7 cm³/mol. The molecule has 1 heterocycles. The smallest absolute Gasteiger partial charge is 0.227 e. The molecule has 2 atom stereocenters. The van der Waals surface area contributed by atoms with Crippen molar-refractivity contribution in [1.82, 2.24) is 15.5 Å². The molecule has 1 fully saturated rings. The maximum atomic E-state index is 12.5. The van der Waals surface area contributed by atoms with Crippen LogP contribution in [-0.2, 0) is 4.79 Å². The van der Waals surface area contributed by atoms with Gasteiger partial charge < -0.3 is 10.6 Å². The van der Waals surface area contributed by atoms with Crippen molar-refractivity contribution in [2.75, 3.05) is 32.7 Å². The van der Waals surface area contributed by atoms with Crippen LogP contribution in [-0.4, -0.2) is 43.5 Å². The van der Waals surface area contributed by atoms with Crippen LogP contribution in [0.4, 0.5) is 0 Å². The predicted octanol–water partition coefficient (Wildman–Crippen LogP) is 2.19. The third kappa shape index (κ3) is 3.87. The van der Waals surface area contributed by atoms with Gasteiger partial charge in [-0.15, -0.1) is 0 Å². The Morgan fingerprint density at radius 1 is 1.32 bits per heavy atom. The van der Waals surface area contributed by atoms with Crippen molar-refractivity contribution in [3.63, 3.8) is 0 Å². The average molecular weight is 303 g/mol. The molecule has 0 bridgehead atoms. The van der Waals surface area contributed by atoms with Crippen LogP contribution < -0.4 is 10.6 Å². The SMILES string of the molecule is CCN(CC)C(CNC(=O)C1(C)CCNC1)c1ccccc1. The minimum absolute atomic E-state index is 0.172. The summed E-state index contributed by atoms with van der Waals surface area (Å²) in [5, 5.41) is 6.48. The van der Waals surface area contributed by atoms with Crippen LogP contribution in [0.1, 0.15) is 38.8 Å². The molecule has 0 saturated carbocycles. The molecule has 2 rings (SSSR count). The number of carbonyl (C=O) groups excluding carboxylic acids is 1. The lowest BCUT2D eigenvalue weighted by atomic mass is 9.88. The molecule has 1 amide bonds. The van der Waals surface area contributed by atoms with Crippen LogP contribution >= 0.6 is 0 Å². The van der Waals surface area contributed by atoms with Crippen LogP contribution in [0.5, 0.6) is 0 Å². The van der Waals surface area contributed by atoms with Gasteiger partial charge in [0.25, 0.3) is 0 Å². The molecule has 0 aromatic heterocycles. The van der Waals surface area contributed by atoms with E-state index in [4.69, 9.17) is 0 Å². The molecular formula is C18H29N3O. The van der Waals surface area contributed by atoms with Gasteiger partial charge in [-0.05, 0) is 38.5 Å². The molecule has 1 aromatic rings. The molecule has 22 heavy (non-hydrogen) atoms. The first-order valence-electron chi connectivity index (χ1n) is 8.38. The second-order valence-corrected chi connectivity index (χ2v) is 6.35. The Balaban J connectivity index is 2.05. The highest BCUT2D eigenvalue weighted by atomic mass is 16.2. The first-order chi connectivity index (χ1) is 10.6. The van der Waals surface area contributed by atoms with Gasteiger partial charge in [0.05, 0.1) is 11.5 Å². The third-order valence-corrected chi connectivity index (χ3v) is 4.81. The van der Waals surface area contributed by atoms with Crippen molar-refractivity contribution in [2.45, 2.75) is 33.2 Å². The summed E-state index contributed by atoms with van der Waals surface area (Å²) in [5.74, 6) is 0.172. The molecule has 0 aliphatic carbocycles. The molecule has 0 spiro atoms. The van der Waals surface area contributed by atoms with Crippen LogP contribution in [0.25, 0.3) is 0 Å². The van der Waals surface area contributed by atoms with Gasteiger partial charge in [0.15, 0.2) is 0 Å². The largest absolute Gasteiger partial charge is 0.354 e. The van der Waals surface area contributed by atoms with E-state index in [1.54, 1.807) is 0 Å². The second kappa shape index (κ2) is 7.75. The summed E-state index contributed by atoms with van der Waals surface area (Å²) in [6.07, 6.45) is 0.917. The van der Waals surface area contributed by atoms with E-state index in [-0.39, 0.29) is 17.4 Å². The zero-order chi connectivity index (χ0) is 16.0. The summed E-state index contributed by atoms with van der Waals surface area (Å²) in [5.41, 5.74) is 1.01. The number of amides is 1. The van der Waals surface area contributed by atoms with Crippen molar-refractivity contribution in [2.24, 2.45) is 5.41 Å². The van der Waals surface area contributed by atoms with Crippen LogP contribution in [0.15, 0.2) is 30.3 Å². The van der Waals surface area contributed by atoms with Gasteiger partial charge in [-0.3, -0.25) is 9.69 Å².